The molecule has 0 bridgehead atoms. The van der Waals surface area contributed by atoms with Gasteiger partial charge in [0.25, 0.3) is 0 Å². The van der Waals surface area contributed by atoms with Crippen LogP contribution in [-0.4, -0.2) is 11.8 Å². The van der Waals surface area contributed by atoms with Crippen molar-refractivity contribution in [3.63, 3.8) is 0 Å². The SMILES string of the molecule is CC(C)(C)c1ccccc1NC(=O)CC(=O)NCc1ccccc1F. The molecule has 2 aromatic carbocycles. The summed E-state index contributed by atoms with van der Waals surface area (Å²) in [4.78, 5) is 24.1. The molecule has 25 heavy (non-hydrogen) atoms. The van der Waals surface area contributed by atoms with Crippen molar-refractivity contribution in [1.29, 1.82) is 0 Å². The van der Waals surface area contributed by atoms with Crippen LogP contribution in [0.3, 0.4) is 0 Å². The van der Waals surface area contributed by atoms with Crippen molar-refractivity contribution in [2.45, 2.75) is 39.2 Å². The smallest absolute Gasteiger partial charge is 0.233 e. The molecular formula is C20H23FN2O2. The molecular weight excluding hydrogens is 319 g/mol. The Morgan fingerprint density at radius 1 is 0.960 bits per heavy atom. The number of carbonyl (C=O) groups is 2. The van der Waals surface area contributed by atoms with Crippen LogP contribution in [0.15, 0.2) is 48.5 Å². The number of rotatable bonds is 5. The van der Waals surface area contributed by atoms with Gasteiger partial charge in [0.15, 0.2) is 0 Å². The summed E-state index contributed by atoms with van der Waals surface area (Å²) in [6.45, 7) is 6.22. The first-order chi connectivity index (χ1) is 11.8. The summed E-state index contributed by atoms with van der Waals surface area (Å²) in [6, 6.07) is 13.7. The van der Waals surface area contributed by atoms with E-state index in [1.54, 1.807) is 18.2 Å². The van der Waals surface area contributed by atoms with Crippen LogP contribution in [-0.2, 0) is 21.5 Å². The number of amides is 2. The summed E-state index contributed by atoms with van der Waals surface area (Å²) in [5, 5.41) is 5.35. The van der Waals surface area contributed by atoms with Gasteiger partial charge in [0, 0.05) is 17.8 Å². The van der Waals surface area contributed by atoms with Gasteiger partial charge in [-0.15, -0.1) is 0 Å². The monoisotopic (exact) mass is 342 g/mol. The normalized spacial score (nSPS) is 11.0. The van der Waals surface area contributed by atoms with Crippen molar-refractivity contribution in [1.82, 2.24) is 5.32 Å². The molecule has 0 saturated carbocycles. The Bertz CT molecular complexity index is 766. The van der Waals surface area contributed by atoms with E-state index in [4.69, 9.17) is 0 Å². The predicted octanol–water partition coefficient (Wildman–Crippen LogP) is 3.77. The standard InChI is InChI=1S/C20H23FN2O2/c1-20(2,3)15-9-5-7-11-17(15)23-19(25)12-18(24)22-13-14-8-4-6-10-16(14)21/h4-11H,12-13H2,1-3H3,(H,22,24)(H,23,25). The lowest BCUT2D eigenvalue weighted by Gasteiger charge is -2.22. The maximum atomic E-state index is 13.5. The molecule has 4 nitrogen and oxygen atoms in total. The number of carbonyl (C=O) groups excluding carboxylic acids is 2. The average Bonchev–Trinajstić information content (AvgIpc) is 2.53. The second kappa shape index (κ2) is 7.92. The third-order valence-electron chi connectivity index (χ3n) is 3.76. The Hall–Kier alpha value is -2.69. The molecule has 0 radical (unpaired) electrons. The van der Waals surface area contributed by atoms with E-state index in [1.807, 2.05) is 24.3 Å². The third-order valence-corrected chi connectivity index (χ3v) is 3.76. The third kappa shape index (κ3) is 5.41. The fraction of sp³-hybridized carbons (Fsp3) is 0.300. The Kier molecular flexibility index (Phi) is 5.91. The molecule has 0 heterocycles. The van der Waals surface area contributed by atoms with Gasteiger partial charge < -0.3 is 10.6 Å². The highest BCUT2D eigenvalue weighted by atomic mass is 19.1. The highest BCUT2D eigenvalue weighted by Gasteiger charge is 2.19. The molecule has 0 unspecified atom stereocenters. The topological polar surface area (TPSA) is 58.2 Å². The molecule has 0 atom stereocenters. The first-order valence-electron chi connectivity index (χ1n) is 8.17. The minimum Gasteiger partial charge on any atom is -0.351 e. The van der Waals surface area contributed by atoms with Crippen molar-refractivity contribution >= 4 is 17.5 Å². The lowest BCUT2D eigenvalue weighted by atomic mass is 9.86. The van der Waals surface area contributed by atoms with E-state index in [-0.39, 0.29) is 24.2 Å². The Balaban J connectivity index is 1.92. The Morgan fingerprint density at radius 2 is 1.60 bits per heavy atom. The van der Waals surface area contributed by atoms with Gasteiger partial charge in [-0.2, -0.15) is 0 Å². The number of anilines is 1. The molecule has 0 spiro atoms. The van der Waals surface area contributed by atoms with Crippen LogP contribution >= 0.6 is 0 Å². The zero-order valence-electron chi connectivity index (χ0n) is 14.7. The van der Waals surface area contributed by atoms with Crippen molar-refractivity contribution in [3.8, 4) is 0 Å². The van der Waals surface area contributed by atoms with E-state index in [2.05, 4.69) is 31.4 Å². The van der Waals surface area contributed by atoms with Crippen molar-refractivity contribution in [3.05, 3.63) is 65.5 Å². The number of benzene rings is 2. The van der Waals surface area contributed by atoms with Gasteiger partial charge in [0.05, 0.1) is 0 Å². The molecule has 2 aromatic rings. The molecule has 0 aliphatic rings. The lowest BCUT2D eigenvalue weighted by molar-refractivity contribution is -0.126. The first-order valence-corrected chi connectivity index (χ1v) is 8.17. The maximum Gasteiger partial charge on any atom is 0.233 e. The minimum absolute atomic E-state index is 0.0529. The van der Waals surface area contributed by atoms with Gasteiger partial charge in [-0.1, -0.05) is 57.2 Å². The average molecular weight is 342 g/mol. The number of halogens is 1. The number of para-hydroxylation sites is 1. The lowest BCUT2D eigenvalue weighted by Crippen LogP contribution is -2.28. The Morgan fingerprint density at radius 3 is 2.28 bits per heavy atom. The van der Waals surface area contributed by atoms with E-state index in [0.717, 1.165) is 5.56 Å². The second-order valence-electron chi connectivity index (χ2n) is 6.89. The van der Waals surface area contributed by atoms with Crippen LogP contribution < -0.4 is 10.6 Å². The van der Waals surface area contributed by atoms with Crippen LogP contribution in [0.5, 0.6) is 0 Å². The summed E-state index contributed by atoms with van der Waals surface area (Å²) in [5.74, 6) is -1.23. The number of hydrogen-bond donors (Lipinski definition) is 2. The molecule has 132 valence electrons. The van der Waals surface area contributed by atoms with E-state index in [1.165, 1.54) is 6.07 Å². The summed E-state index contributed by atoms with van der Waals surface area (Å²) in [6.07, 6.45) is -0.313. The highest BCUT2D eigenvalue weighted by molar-refractivity contribution is 6.03. The Labute approximate surface area is 147 Å². The molecule has 2 N–H and O–H groups in total. The first kappa shape index (κ1) is 18.6. The van der Waals surface area contributed by atoms with E-state index >= 15 is 0 Å². The zero-order valence-corrected chi connectivity index (χ0v) is 14.7. The van der Waals surface area contributed by atoms with Gasteiger partial charge >= 0.3 is 0 Å². The molecule has 2 amide bonds. The van der Waals surface area contributed by atoms with Crippen molar-refractivity contribution in [2.75, 3.05) is 5.32 Å². The number of hydrogen-bond acceptors (Lipinski definition) is 2. The maximum absolute atomic E-state index is 13.5. The van der Waals surface area contributed by atoms with Crippen LogP contribution in [0.1, 0.15) is 38.3 Å². The fourth-order valence-electron chi connectivity index (χ4n) is 2.48. The zero-order chi connectivity index (χ0) is 18.4. The highest BCUT2D eigenvalue weighted by Crippen LogP contribution is 2.29. The van der Waals surface area contributed by atoms with Crippen LogP contribution in [0.4, 0.5) is 10.1 Å². The molecule has 0 aliphatic heterocycles. The van der Waals surface area contributed by atoms with E-state index in [0.29, 0.717) is 11.3 Å². The molecule has 5 heteroatoms. The van der Waals surface area contributed by atoms with Crippen molar-refractivity contribution < 1.29 is 14.0 Å². The summed E-state index contributed by atoms with van der Waals surface area (Å²) in [7, 11) is 0. The largest absolute Gasteiger partial charge is 0.351 e. The van der Waals surface area contributed by atoms with E-state index < -0.39 is 11.8 Å². The minimum atomic E-state index is -0.450. The quantitative estimate of drug-likeness (QED) is 0.813. The predicted molar refractivity (Wildman–Crippen MR) is 96.6 cm³/mol. The molecule has 2 rings (SSSR count). The van der Waals surface area contributed by atoms with E-state index in [9.17, 15) is 14.0 Å². The van der Waals surface area contributed by atoms with Gasteiger partial charge in [-0.05, 0) is 23.1 Å². The van der Waals surface area contributed by atoms with Gasteiger partial charge in [0.1, 0.15) is 12.2 Å². The molecule has 0 aromatic heterocycles. The summed E-state index contributed by atoms with van der Waals surface area (Å²) >= 11 is 0. The molecule has 0 fully saturated rings. The summed E-state index contributed by atoms with van der Waals surface area (Å²) < 4.78 is 13.5. The van der Waals surface area contributed by atoms with Crippen LogP contribution in [0.2, 0.25) is 0 Å². The van der Waals surface area contributed by atoms with Gasteiger partial charge in [0.2, 0.25) is 11.8 Å². The fourth-order valence-corrected chi connectivity index (χ4v) is 2.48. The van der Waals surface area contributed by atoms with Gasteiger partial charge in [-0.25, -0.2) is 4.39 Å². The van der Waals surface area contributed by atoms with Gasteiger partial charge in [-0.3, -0.25) is 9.59 Å². The molecule has 0 saturated heterocycles. The van der Waals surface area contributed by atoms with Crippen LogP contribution in [0.25, 0.3) is 0 Å². The summed E-state index contributed by atoms with van der Waals surface area (Å²) in [5.41, 5.74) is 1.95. The number of nitrogens with one attached hydrogen (secondary N) is 2. The molecule has 0 aliphatic carbocycles. The van der Waals surface area contributed by atoms with Crippen molar-refractivity contribution in [2.24, 2.45) is 0 Å². The second-order valence-corrected chi connectivity index (χ2v) is 6.89. The van der Waals surface area contributed by atoms with Crippen LogP contribution in [0, 0.1) is 5.82 Å².